The van der Waals surface area contributed by atoms with Crippen LogP contribution < -0.4 is 10.1 Å². The summed E-state index contributed by atoms with van der Waals surface area (Å²) in [4.78, 5) is 0. The first-order valence-corrected chi connectivity index (χ1v) is 13.1. The molecule has 2 aromatic rings. The van der Waals surface area contributed by atoms with E-state index in [2.05, 4.69) is 42.6 Å². The molecule has 1 atom stereocenters. The quantitative estimate of drug-likeness (QED) is 0.220. The molecule has 5 heteroatoms. The number of rotatable bonds is 20. The summed E-state index contributed by atoms with van der Waals surface area (Å²) in [6.45, 7) is 5.78. The van der Waals surface area contributed by atoms with E-state index in [0.29, 0.717) is 18.9 Å². The minimum absolute atomic E-state index is 0.0904. The maximum absolute atomic E-state index is 10.5. The van der Waals surface area contributed by atoms with E-state index in [0.717, 1.165) is 69.4 Å². The lowest BCUT2D eigenvalue weighted by atomic mass is 10.1. The van der Waals surface area contributed by atoms with Crippen LogP contribution >= 0.6 is 0 Å². The molecule has 190 valence electrons. The van der Waals surface area contributed by atoms with Crippen molar-refractivity contribution < 1.29 is 19.7 Å². The lowest BCUT2D eigenvalue weighted by molar-refractivity contribution is 0.126. The van der Waals surface area contributed by atoms with Crippen molar-refractivity contribution in [3.05, 3.63) is 65.2 Å². The summed E-state index contributed by atoms with van der Waals surface area (Å²) >= 11 is 0. The molecular weight excluding hydrogens is 426 g/mol. The predicted molar refractivity (Wildman–Crippen MR) is 139 cm³/mol. The first kappa shape index (κ1) is 28.3. The van der Waals surface area contributed by atoms with Crippen LogP contribution in [0.25, 0.3) is 0 Å². The van der Waals surface area contributed by atoms with Crippen LogP contribution in [0.5, 0.6) is 5.75 Å². The number of nitrogens with one attached hydrogen (secondary N) is 1. The van der Waals surface area contributed by atoms with Crippen LogP contribution in [-0.4, -0.2) is 43.1 Å². The highest BCUT2D eigenvalue weighted by atomic mass is 16.5. The van der Waals surface area contributed by atoms with Gasteiger partial charge in [0, 0.05) is 25.3 Å². The summed E-state index contributed by atoms with van der Waals surface area (Å²) < 4.78 is 11.5. The maximum atomic E-state index is 10.5. The van der Waals surface area contributed by atoms with Crippen molar-refractivity contribution in [2.45, 2.75) is 77.4 Å². The number of aliphatic hydroxyl groups is 2. The van der Waals surface area contributed by atoms with Gasteiger partial charge in [0.2, 0.25) is 0 Å². The molecule has 0 aliphatic carbocycles. The second kappa shape index (κ2) is 18.4. The van der Waals surface area contributed by atoms with Gasteiger partial charge in [0.25, 0.3) is 0 Å². The minimum Gasteiger partial charge on any atom is -0.493 e. The fraction of sp³-hybridized carbons (Fsp3) is 0.586. The topological polar surface area (TPSA) is 71.0 Å². The number of ether oxygens (including phenoxy) is 2. The van der Waals surface area contributed by atoms with Crippen molar-refractivity contribution in [2.75, 3.05) is 32.9 Å². The first-order chi connectivity index (χ1) is 16.7. The van der Waals surface area contributed by atoms with Gasteiger partial charge in [0.05, 0.1) is 19.3 Å². The van der Waals surface area contributed by atoms with Gasteiger partial charge >= 0.3 is 0 Å². The van der Waals surface area contributed by atoms with Crippen molar-refractivity contribution >= 4 is 0 Å². The Hall–Kier alpha value is -1.92. The molecule has 0 saturated heterocycles. The third kappa shape index (κ3) is 12.0. The second-order valence-corrected chi connectivity index (χ2v) is 8.92. The number of benzene rings is 2. The van der Waals surface area contributed by atoms with Crippen molar-refractivity contribution in [3.8, 4) is 5.75 Å². The normalized spacial score (nSPS) is 12.1. The zero-order valence-corrected chi connectivity index (χ0v) is 21.0. The Balaban J connectivity index is 1.45. The monoisotopic (exact) mass is 471 g/mol. The molecule has 5 nitrogen and oxygen atoms in total. The molecular formula is C29H45NO4. The van der Waals surface area contributed by atoms with E-state index in [9.17, 15) is 10.2 Å². The van der Waals surface area contributed by atoms with E-state index in [1.54, 1.807) is 0 Å². The van der Waals surface area contributed by atoms with Gasteiger partial charge in [-0.15, -0.1) is 0 Å². The van der Waals surface area contributed by atoms with Gasteiger partial charge in [-0.3, -0.25) is 0 Å². The molecule has 0 amide bonds. The van der Waals surface area contributed by atoms with Gasteiger partial charge in [-0.05, 0) is 68.3 Å². The summed E-state index contributed by atoms with van der Waals surface area (Å²) in [5.41, 5.74) is 2.94. The van der Waals surface area contributed by atoms with Crippen molar-refractivity contribution in [1.82, 2.24) is 5.32 Å². The summed E-state index contributed by atoms with van der Waals surface area (Å²) in [5, 5.41) is 23.4. The molecule has 0 bridgehead atoms. The predicted octanol–water partition coefficient (Wildman–Crippen LogP) is 5.58. The molecule has 0 saturated carbocycles. The Labute approximate surface area is 206 Å². The van der Waals surface area contributed by atoms with E-state index in [-0.39, 0.29) is 6.61 Å². The first-order valence-electron chi connectivity index (χ1n) is 13.1. The molecule has 34 heavy (non-hydrogen) atoms. The van der Waals surface area contributed by atoms with Gasteiger partial charge in [-0.25, -0.2) is 0 Å². The number of hydrogen-bond donors (Lipinski definition) is 3. The van der Waals surface area contributed by atoms with Crippen molar-refractivity contribution in [2.24, 2.45) is 0 Å². The van der Waals surface area contributed by atoms with E-state index >= 15 is 0 Å². The standard InChI is InChI=1S/C29H45NO4/c1-2-3-21-34-29-17-16-26(22-27(29)24-31)28(32)23-30-18-10-4-5-11-19-33-20-12-9-15-25-13-7-6-8-14-25/h6-8,13-14,16-17,22,28,30-32H,2-5,9-12,15,18-21,23-24H2,1H3. The van der Waals surface area contributed by atoms with Crippen LogP contribution in [0.4, 0.5) is 0 Å². The SMILES string of the molecule is CCCCOc1ccc(C(O)CNCCCCCCOCCCCc2ccccc2)cc1CO. The largest absolute Gasteiger partial charge is 0.493 e. The second-order valence-electron chi connectivity index (χ2n) is 8.92. The Morgan fingerprint density at radius 3 is 2.38 bits per heavy atom. The summed E-state index contributed by atoms with van der Waals surface area (Å²) in [7, 11) is 0. The maximum Gasteiger partial charge on any atom is 0.124 e. The van der Waals surface area contributed by atoms with Crippen LogP contribution in [-0.2, 0) is 17.8 Å². The molecule has 0 aromatic heterocycles. The van der Waals surface area contributed by atoms with Crippen LogP contribution in [0.2, 0.25) is 0 Å². The van der Waals surface area contributed by atoms with E-state index < -0.39 is 6.10 Å². The number of aliphatic hydroxyl groups excluding tert-OH is 2. The molecule has 2 rings (SSSR count). The Morgan fingerprint density at radius 1 is 0.853 bits per heavy atom. The average molecular weight is 472 g/mol. The van der Waals surface area contributed by atoms with Gasteiger partial charge in [0.15, 0.2) is 0 Å². The Morgan fingerprint density at radius 2 is 1.62 bits per heavy atom. The summed E-state index contributed by atoms with van der Waals surface area (Å²) in [6.07, 6.45) is 9.44. The van der Waals surface area contributed by atoms with Gasteiger partial charge in [0.1, 0.15) is 5.75 Å². The van der Waals surface area contributed by atoms with Crippen LogP contribution in [0.15, 0.2) is 48.5 Å². The van der Waals surface area contributed by atoms with Gasteiger partial charge in [-0.1, -0.05) is 62.6 Å². The zero-order valence-electron chi connectivity index (χ0n) is 21.0. The summed E-state index contributed by atoms with van der Waals surface area (Å²) in [5.74, 6) is 0.705. The van der Waals surface area contributed by atoms with Crippen LogP contribution in [0.3, 0.4) is 0 Å². The molecule has 3 N–H and O–H groups in total. The van der Waals surface area contributed by atoms with E-state index in [1.165, 1.54) is 24.8 Å². The minimum atomic E-state index is -0.592. The Bertz CT molecular complexity index is 753. The molecule has 0 spiro atoms. The van der Waals surface area contributed by atoms with Gasteiger partial charge in [-0.2, -0.15) is 0 Å². The summed E-state index contributed by atoms with van der Waals surface area (Å²) in [6, 6.07) is 16.2. The smallest absolute Gasteiger partial charge is 0.124 e. The number of unbranched alkanes of at least 4 members (excludes halogenated alkanes) is 5. The average Bonchev–Trinajstić information content (AvgIpc) is 2.87. The van der Waals surface area contributed by atoms with E-state index in [1.807, 2.05) is 18.2 Å². The Kier molecular flexibility index (Phi) is 15.3. The van der Waals surface area contributed by atoms with Crippen molar-refractivity contribution in [3.63, 3.8) is 0 Å². The molecule has 0 fully saturated rings. The van der Waals surface area contributed by atoms with Crippen LogP contribution in [0.1, 0.15) is 81.1 Å². The molecule has 2 aromatic carbocycles. The van der Waals surface area contributed by atoms with E-state index in [4.69, 9.17) is 9.47 Å². The highest BCUT2D eigenvalue weighted by molar-refractivity contribution is 5.37. The zero-order chi connectivity index (χ0) is 24.3. The molecule has 0 aliphatic rings. The molecule has 0 radical (unpaired) electrons. The number of hydrogen-bond acceptors (Lipinski definition) is 5. The molecule has 0 heterocycles. The third-order valence-electron chi connectivity index (χ3n) is 5.97. The fourth-order valence-corrected chi connectivity index (χ4v) is 3.84. The third-order valence-corrected chi connectivity index (χ3v) is 5.97. The lowest BCUT2D eigenvalue weighted by Crippen LogP contribution is -2.22. The lowest BCUT2D eigenvalue weighted by Gasteiger charge is -2.16. The highest BCUT2D eigenvalue weighted by Gasteiger charge is 2.11. The van der Waals surface area contributed by atoms with Crippen molar-refractivity contribution in [1.29, 1.82) is 0 Å². The molecule has 0 aliphatic heterocycles. The fourth-order valence-electron chi connectivity index (χ4n) is 3.84. The molecule has 1 unspecified atom stereocenters. The van der Waals surface area contributed by atoms with Gasteiger partial charge < -0.3 is 25.0 Å². The highest BCUT2D eigenvalue weighted by Crippen LogP contribution is 2.24. The van der Waals surface area contributed by atoms with Crippen LogP contribution in [0, 0.1) is 0 Å². The number of aryl methyl sites for hydroxylation is 1.